The topological polar surface area (TPSA) is 41.4 Å². The first-order valence-electron chi connectivity index (χ1n) is 8.85. The standard InChI is InChI=1S/C20H19FN4O/c1-23-17-9-5-3-7-15(17)22-19(23)12-24-11-13-10-18(24)20(26)25(13)16-8-4-2-6-14(16)21/h2-9,13,18H,10-12H2,1H3/t13-,18-/m0/s1. The number of benzene rings is 2. The Bertz CT molecular complexity index is 1010. The summed E-state index contributed by atoms with van der Waals surface area (Å²) in [5, 5.41) is 0. The molecule has 2 aliphatic heterocycles. The number of fused-ring (bicyclic) bond motifs is 3. The summed E-state index contributed by atoms with van der Waals surface area (Å²) in [6, 6.07) is 14.4. The lowest BCUT2D eigenvalue weighted by atomic mass is 10.2. The quantitative estimate of drug-likeness (QED) is 0.729. The second-order valence-corrected chi connectivity index (χ2v) is 7.07. The summed E-state index contributed by atoms with van der Waals surface area (Å²) in [6.45, 7) is 1.37. The molecule has 0 unspecified atom stereocenters. The van der Waals surface area contributed by atoms with Gasteiger partial charge in [-0.2, -0.15) is 0 Å². The van der Waals surface area contributed by atoms with Crippen LogP contribution >= 0.6 is 0 Å². The number of amides is 1. The number of hydrogen-bond donors (Lipinski definition) is 0. The number of rotatable bonds is 3. The molecule has 3 aromatic rings. The fourth-order valence-electron chi connectivity index (χ4n) is 4.32. The van der Waals surface area contributed by atoms with E-state index in [1.165, 1.54) is 6.07 Å². The van der Waals surface area contributed by atoms with Crippen molar-refractivity contribution in [2.24, 2.45) is 7.05 Å². The minimum Gasteiger partial charge on any atom is -0.330 e. The highest BCUT2D eigenvalue weighted by atomic mass is 19.1. The van der Waals surface area contributed by atoms with Gasteiger partial charge in [0.2, 0.25) is 5.91 Å². The summed E-state index contributed by atoms with van der Waals surface area (Å²) in [5.74, 6) is 0.601. The third kappa shape index (κ3) is 2.18. The summed E-state index contributed by atoms with van der Waals surface area (Å²) in [7, 11) is 2.01. The minimum atomic E-state index is -0.338. The van der Waals surface area contributed by atoms with Crippen molar-refractivity contribution in [3.63, 3.8) is 0 Å². The number of halogens is 1. The number of carbonyl (C=O) groups excluding carboxylic acids is 1. The third-order valence-electron chi connectivity index (χ3n) is 5.61. The molecule has 0 saturated carbocycles. The molecule has 1 aromatic heterocycles. The highest BCUT2D eigenvalue weighted by molar-refractivity contribution is 6.01. The molecular weight excluding hydrogens is 331 g/mol. The zero-order valence-electron chi connectivity index (χ0n) is 14.5. The van der Waals surface area contributed by atoms with E-state index < -0.39 is 0 Å². The number of anilines is 1. The molecule has 26 heavy (non-hydrogen) atoms. The molecule has 2 atom stereocenters. The van der Waals surface area contributed by atoms with Gasteiger partial charge < -0.3 is 9.47 Å². The SMILES string of the molecule is Cn1c(CN2C[C@@H]3C[C@H]2C(=O)N3c2ccccc2F)nc2ccccc21. The number of imidazole rings is 1. The molecule has 0 radical (unpaired) electrons. The van der Waals surface area contributed by atoms with Gasteiger partial charge in [-0.3, -0.25) is 9.69 Å². The van der Waals surface area contributed by atoms with E-state index in [0.29, 0.717) is 12.2 Å². The molecule has 6 heteroatoms. The van der Waals surface area contributed by atoms with Crippen LogP contribution in [0.15, 0.2) is 48.5 Å². The van der Waals surface area contributed by atoms with Gasteiger partial charge >= 0.3 is 0 Å². The molecular formula is C20H19FN4O. The van der Waals surface area contributed by atoms with Crippen LogP contribution in [0.2, 0.25) is 0 Å². The highest BCUT2D eigenvalue weighted by Gasteiger charge is 2.50. The van der Waals surface area contributed by atoms with Crippen molar-refractivity contribution in [1.82, 2.24) is 14.5 Å². The average molecular weight is 350 g/mol. The number of aromatic nitrogens is 2. The predicted molar refractivity (Wildman–Crippen MR) is 97.2 cm³/mol. The number of likely N-dealkylation sites (tertiary alicyclic amines) is 1. The summed E-state index contributed by atoms with van der Waals surface area (Å²) < 4.78 is 16.2. The number of para-hydroxylation sites is 3. The number of carbonyl (C=O) groups is 1. The lowest BCUT2D eigenvalue weighted by molar-refractivity contribution is -0.122. The van der Waals surface area contributed by atoms with Crippen LogP contribution in [0.3, 0.4) is 0 Å². The van der Waals surface area contributed by atoms with Crippen LogP contribution < -0.4 is 4.90 Å². The minimum absolute atomic E-state index is 0.00915. The monoisotopic (exact) mass is 350 g/mol. The maximum absolute atomic E-state index is 14.1. The van der Waals surface area contributed by atoms with Gasteiger partial charge in [-0.25, -0.2) is 9.37 Å². The maximum atomic E-state index is 14.1. The van der Waals surface area contributed by atoms with Crippen LogP contribution in [-0.2, 0) is 18.4 Å². The molecule has 2 aliphatic rings. The summed E-state index contributed by atoms with van der Waals surface area (Å²) >= 11 is 0. The molecule has 1 amide bonds. The van der Waals surface area contributed by atoms with Crippen LogP contribution in [0.4, 0.5) is 10.1 Å². The Hall–Kier alpha value is -2.73. The number of hydrogen-bond acceptors (Lipinski definition) is 3. The van der Waals surface area contributed by atoms with Crippen LogP contribution in [-0.4, -0.2) is 39.0 Å². The van der Waals surface area contributed by atoms with Crippen molar-refractivity contribution >= 4 is 22.6 Å². The lowest BCUT2D eigenvalue weighted by Crippen LogP contribution is -2.50. The average Bonchev–Trinajstić information content (AvgIpc) is 3.28. The number of aryl methyl sites for hydroxylation is 1. The van der Waals surface area contributed by atoms with Gasteiger partial charge in [0.25, 0.3) is 0 Å². The van der Waals surface area contributed by atoms with Gasteiger partial charge in [-0.15, -0.1) is 0 Å². The number of nitrogens with zero attached hydrogens (tertiary/aromatic N) is 4. The molecule has 2 bridgehead atoms. The summed E-state index contributed by atoms with van der Waals surface area (Å²) in [5.41, 5.74) is 2.45. The van der Waals surface area contributed by atoms with Crippen molar-refractivity contribution in [2.45, 2.75) is 25.0 Å². The Morgan fingerprint density at radius 1 is 1.15 bits per heavy atom. The van der Waals surface area contributed by atoms with E-state index >= 15 is 0 Å². The van der Waals surface area contributed by atoms with E-state index in [1.807, 2.05) is 31.3 Å². The predicted octanol–water partition coefficient (Wildman–Crippen LogP) is 2.70. The summed E-state index contributed by atoms with van der Waals surface area (Å²) in [4.78, 5) is 21.4. The molecule has 3 heterocycles. The van der Waals surface area contributed by atoms with Gasteiger partial charge in [0.15, 0.2) is 0 Å². The Balaban J connectivity index is 1.40. The van der Waals surface area contributed by atoms with Gasteiger partial charge in [0.05, 0.1) is 35.3 Å². The second-order valence-electron chi connectivity index (χ2n) is 7.07. The number of piperazine rings is 1. The van der Waals surface area contributed by atoms with Gasteiger partial charge in [0, 0.05) is 13.6 Å². The van der Waals surface area contributed by atoms with Crippen LogP contribution in [0, 0.1) is 5.82 Å². The molecule has 5 nitrogen and oxygen atoms in total. The second kappa shape index (κ2) is 5.64. The zero-order valence-corrected chi connectivity index (χ0v) is 14.5. The fraction of sp³-hybridized carbons (Fsp3) is 0.300. The maximum Gasteiger partial charge on any atom is 0.244 e. The Morgan fingerprint density at radius 3 is 2.69 bits per heavy atom. The van der Waals surface area contributed by atoms with E-state index in [1.54, 1.807) is 23.1 Å². The van der Waals surface area contributed by atoms with Crippen molar-refractivity contribution in [2.75, 3.05) is 11.4 Å². The molecule has 2 saturated heterocycles. The van der Waals surface area contributed by atoms with Gasteiger partial charge in [0.1, 0.15) is 11.6 Å². The Labute approximate surface area is 150 Å². The first-order valence-corrected chi connectivity index (χ1v) is 8.85. The first-order chi connectivity index (χ1) is 12.6. The Morgan fingerprint density at radius 2 is 1.92 bits per heavy atom. The fourth-order valence-corrected chi connectivity index (χ4v) is 4.32. The van der Waals surface area contributed by atoms with Crippen molar-refractivity contribution in [1.29, 1.82) is 0 Å². The highest BCUT2D eigenvalue weighted by Crippen LogP contribution is 2.37. The molecule has 2 aromatic carbocycles. The summed E-state index contributed by atoms with van der Waals surface area (Å²) in [6.07, 6.45) is 0.747. The first kappa shape index (κ1) is 15.5. The van der Waals surface area contributed by atoms with E-state index in [-0.39, 0.29) is 23.8 Å². The molecule has 0 aliphatic carbocycles. The molecule has 0 spiro atoms. The zero-order chi connectivity index (χ0) is 17.8. The normalized spacial score (nSPS) is 22.7. The van der Waals surface area contributed by atoms with Gasteiger partial charge in [-0.1, -0.05) is 24.3 Å². The molecule has 5 rings (SSSR count). The Kier molecular flexibility index (Phi) is 3.37. The van der Waals surface area contributed by atoms with E-state index in [0.717, 1.165) is 29.8 Å². The van der Waals surface area contributed by atoms with Gasteiger partial charge in [-0.05, 0) is 30.7 Å². The van der Waals surface area contributed by atoms with E-state index in [4.69, 9.17) is 4.98 Å². The van der Waals surface area contributed by atoms with E-state index in [9.17, 15) is 9.18 Å². The third-order valence-corrected chi connectivity index (χ3v) is 5.61. The van der Waals surface area contributed by atoms with Crippen LogP contribution in [0.5, 0.6) is 0 Å². The van der Waals surface area contributed by atoms with Crippen molar-refractivity contribution in [3.8, 4) is 0 Å². The van der Waals surface area contributed by atoms with E-state index in [2.05, 4.69) is 9.47 Å². The van der Waals surface area contributed by atoms with Crippen molar-refractivity contribution < 1.29 is 9.18 Å². The smallest absolute Gasteiger partial charge is 0.244 e. The lowest BCUT2D eigenvalue weighted by Gasteiger charge is -2.33. The largest absolute Gasteiger partial charge is 0.330 e. The van der Waals surface area contributed by atoms with Crippen LogP contribution in [0.25, 0.3) is 11.0 Å². The molecule has 0 N–H and O–H groups in total. The molecule has 2 fully saturated rings. The van der Waals surface area contributed by atoms with Crippen LogP contribution in [0.1, 0.15) is 12.2 Å². The van der Waals surface area contributed by atoms with Crippen molar-refractivity contribution in [3.05, 3.63) is 60.2 Å². The molecule has 132 valence electrons.